The Bertz CT molecular complexity index is 934. The Balaban J connectivity index is 1.66. The van der Waals surface area contributed by atoms with Gasteiger partial charge in [0.1, 0.15) is 11.6 Å². The summed E-state index contributed by atoms with van der Waals surface area (Å²) in [5, 5.41) is 4.52. The lowest BCUT2D eigenvalue weighted by Crippen LogP contribution is -2.18. The minimum atomic E-state index is -0.394. The lowest BCUT2D eigenvalue weighted by Gasteiger charge is -2.12. The van der Waals surface area contributed by atoms with Gasteiger partial charge in [-0.05, 0) is 25.0 Å². The summed E-state index contributed by atoms with van der Waals surface area (Å²) < 4.78 is 21.5. The summed E-state index contributed by atoms with van der Waals surface area (Å²) in [6, 6.07) is 6.18. The predicted molar refractivity (Wildman–Crippen MR) is 100 cm³/mol. The van der Waals surface area contributed by atoms with Gasteiger partial charge in [-0.1, -0.05) is 0 Å². The van der Waals surface area contributed by atoms with Crippen molar-refractivity contribution >= 4 is 5.82 Å². The van der Waals surface area contributed by atoms with E-state index in [0.29, 0.717) is 29.6 Å². The highest BCUT2D eigenvalue weighted by Crippen LogP contribution is 2.33. The number of aromatic nitrogens is 4. The molecule has 1 fully saturated rings. The molecule has 1 aliphatic rings. The quantitative estimate of drug-likeness (QED) is 0.746. The zero-order chi connectivity index (χ0) is 18.8. The van der Waals surface area contributed by atoms with E-state index in [1.54, 1.807) is 30.2 Å². The van der Waals surface area contributed by atoms with Gasteiger partial charge >= 0.3 is 0 Å². The van der Waals surface area contributed by atoms with Crippen molar-refractivity contribution in [2.24, 2.45) is 12.8 Å². The van der Waals surface area contributed by atoms with Gasteiger partial charge in [0.15, 0.2) is 11.6 Å². The molecule has 0 saturated carbocycles. The average molecular weight is 368 g/mol. The number of aryl methyl sites for hydroxylation is 1. The van der Waals surface area contributed by atoms with E-state index >= 15 is 0 Å². The van der Waals surface area contributed by atoms with Crippen molar-refractivity contribution in [1.29, 1.82) is 0 Å². The van der Waals surface area contributed by atoms with Crippen molar-refractivity contribution in [3.63, 3.8) is 0 Å². The SMILES string of the molecule is Cn1nc(N2CCCC2)cc1Oc1cc(F)ccc1-c1ncc(CN)cn1. The highest BCUT2D eigenvalue weighted by Gasteiger charge is 2.19. The lowest BCUT2D eigenvalue weighted by molar-refractivity contribution is 0.428. The molecule has 0 bridgehead atoms. The third kappa shape index (κ3) is 3.61. The summed E-state index contributed by atoms with van der Waals surface area (Å²) in [5.74, 6) is 1.79. The maximum absolute atomic E-state index is 13.9. The molecule has 1 aliphatic heterocycles. The number of benzene rings is 1. The van der Waals surface area contributed by atoms with Gasteiger partial charge in [0.25, 0.3) is 0 Å². The molecule has 4 rings (SSSR count). The number of halogens is 1. The molecule has 2 aromatic heterocycles. The first-order valence-electron chi connectivity index (χ1n) is 8.92. The first kappa shape index (κ1) is 17.4. The monoisotopic (exact) mass is 368 g/mol. The van der Waals surface area contributed by atoms with Gasteiger partial charge in [-0.3, -0.25) is 0 Å². The third-order valence-corrected chi connectivity index (χ3v) is 4.59. The predicted octanol–water partition coefficient (Wildman–Crippen LogP) is 2.87. The van der Waals surface area contributed by atoms with Crippen LogP contribution in [0.2, 0.25) is 0 Å². The number of ether oxygens (including phenoxy) is 1. The lowest BCUT2D eigenvalue weighted by atomic mass is 10.1. The molecule has 0 spiro atoms. The van der Waals surface area contributed by atoms with Gasteiger partial charge in [0.05, 0.1) is 5.56 Å². The van der Waals surface area contributed by atoms with Crippen LogP contribution >= 0.6 is 0 Å². The van der Waals surface area contributed by atoms with E-state index in [0.717, 1.165) is 37.3 Å². The second-order valence-corrected chi connectivity index (χ2v) is 6.52. The Labute approximate surface area is 156 Å². The molecule has 0 radical (unpaired) electrons. The first-order valence-corrected chi connectivity index (χ1v) is 8.92. The minimum Gasteiger partial charge on any atom is -0.438 e. The zero-order valence-electron chi connectivity index (χ0n) is 15.1. The fourth-order valence-electron chi connectivity index (χ4n) is 3.11. The van der Waals surface area contributed by atoms with Crippen molar-refractivity contribution in [2.75, 3.05) is 18.0 Å². The Hall–Kier alpha value is -3.00. The van der Waals surface area contributed by atoms with E-state index in [9.17, 15) is 4.39 Å². The maximum Gasteiger partial charge on any atom is 0.219 e. The Morgan fingerprint density at radius 3 is 2.59 bits per heavy atom. The maximum atomic E-state index is 13.9. The van der Waals surface area contributed by atoms with Gasteiger partial charge in [-0.25, -0.2) is 19.0 Å². The second kappa shape index (κ2) is 7.32. The molecule has 27 heavy (non-hydrogen) atoms. The molecule has 8 heteroatoms. The molecule has 0 aliphatic carbocycles. The molecule has 0 atom stereocenters. The molecule has 2 N–H and O–H groups in total. The molecular weight excluding hydrogens is 347 g/mol. The van der Waals surface area contributed by atoms with Crippen molar-refractivity contribution in [2.45, 2.75) is 19.4 Å². The van der Waals surface area contributed by atoms with E-state index in [2.05, 4.69) is 20.0 Å². The van der Waals surface area contributed by atoms with Gasteiger partial charge in [-0.2, -0.15) is 5.10 Å². The standard InChI is InChI=1S/C19H21FN6O/c1-25-18(9-17(24-25)26-6-2-3-7-26)27-16-8-14(20)4-5-15(16)19-22-11-13(10-21)12-23-19/h4-5,8-9,11-12H,2-3,6-7,10,21H2,1H3. The van der Waals surface area contributed by atoms with E-state index in [-0.39, 0.29) is 0 Å². The van der Waals surface area contributed by atoms with Gasteiger partial charge < -0.3 is 15.4 Å². The van der Waals surface area contributed by atoms with Crippen molar-refractivity contribution in [3.8, 4) is 23.0 Å². The summed E-state index contributed by atoms with van der Waals surface area (Å²) in [6.07, 6.45) is 5.64. The smallest absolute Gasteiger partial charge is 0.219 e. The van der Waals surface area contributed by atoms with Crippen LogP contribution < -0.4 is 15.4 Å². The molecule has 7 nitrogen and oxygen atoms in total. The highest BCUT2D eigenvalue weighted by molar-refractivity contribution is 5.64. The Morgan fingerprint density at radius 1 is 1.15 bits per heavy atom. The van der Waals surface area contributed by atoms with Crippen LogP contribution in [0.5, 0.6) is 11.6 Å². The van der Waals surface area contributed by atoms with Crippen LogP contribution in [0.4, 0.5) is 10.2 Å². The largest absolute Gasteiger partial charge is 0.438 e. The second-order valence-electron chi connectivity index (χ2n) is 6.52. The number of hydrogen-bond acceptors (Lipinski definition) is 6. The van der Waals surface area contributed by atoms with Crippen molar-refractivity contribution < 1.29 is 9.13 Å². The van der Waals surface area contributed by atoms with E-state index in [1.807, 2.05) is 6.07 Å². The topological polar surface area (TPSA) is 82.1 Å². The van der Waals surface area contributed by atoms with Crippen LogP contribution in [0.1, 0.15) is 18.4 Å². The molecule has 0 unspecified atom stereocenters. The normalized spacial score (nSPS) is 14.0. The fraction of sp³-hybridized carbons (Fsp3) is 0.316. The first-order chi connectivity index (χ1) is 13.1. The average Bonchev–Trinajstić information content (AvgIpc) is 3.33. The molecule has 140 valence electrons. The molecule has 1 aromatic carbocycles. The number of nitrogens with two attached hydrogens (primary N) is 1. The molecule has 0 amide bonds. The van der Waals surface area contributed by atoms with E-state index in [1.165, 1.54) is 12.1 Å². The number of rotatable bonds is 5. The summed E-state index contributed by atoms with van der Waals surface area (Å²) in [4.78, 5) is 10.9. The van der Waals surface area contributed by atoms with Crippen LogP contribution in [0, 0.1) is 5.82 Å². The number of hydrogen-bond donors (Lipinski definition) is 1. The minimum absolute atomic E-state index is 0.339. The molecule has 3 aromatic rings. The van der Waals surface area contributed by atoms with Crippen molar-refractivity contribution in [1.82, 2.24) is 19.7 Å². The fourth-order valence-corrected chi connectivity index (χ4v) is 3.11. The third-order valence-electron chi connectivity index (χ3n) is 4.59. The van der Waals surface area contributed by atoms with Gasteiger partial charge in [0, 0.05) is 56.8 Å². The Kier molecular flexibility index (Phi) is 4.72. The van der Waals surface area contributed by atoms with Crippen LogP contribution in [0.3, 0.4) is 0 Å². The highest BCUT2D eigenvalue weighted by atomic mass is 19.1. The van der Waals surface area contributed by atoms with Crippen LogP contribution in [0.25, 0.3) is 11.4 Å². The van der Waals surface area contributed by atoms with E-state index < -0.39 is 5.82 Å². The van der Waals surface area contributed by atoms with Crippen LogP contribution in [-0.2, 0) is 13.6 Å². The Morgan fingerprint density at radius 2 is 1.89 bits per heavy atom. The van der Waals surface area contributed by atoms with Gasteiger partial charge in [0.2, 0.25) is 5.88 Å². The summed E-state index contributed by atoms with van der Waals surface area (Å²) >= 11 is 0. The number of nitrogens with zero attached hydrogens (tertiary/aromatic N) is 5. The van der Waals surface area contributed by atoms with Gasteiger partial charge in [-0.15, -0.1) is 0 Å². The van der Waals surface area contributed by atoms with Crippen LogP contribution in [0.15, 0.2) is 36.7 Å². The van der Waals surface area contributed by atoms with Crippen molar-refractivity contribution in [3.05, 3.63) is 48.0 Å². The summed E-state index contributed by atoms with van der Waals surface area (Å²) in [6.45, 7) is 2.34. The molecule has 1 saturated heterocycles. The van der Waals surface area contributed by atoms with Crippen LogP contribution in [-0.4, -0.2) is 32.8 Å². The van der Waals surface area contributed by atoms with E-state index in [4.69, 9.17) is 10.5 Å². The zero-order valence-corrected chi connectivity index (χ0v) is 15.1. The summed E-state index contributed by atoms with van der Waals surface area (Å²) in [7, 11) is 1.81. The molecule has 3 heterocycles. The summed E-state index contributed by atoms with van der Waals surface area (Å²) in [5.41, 5.74) is 7.02. The molecular formula is C19H21FN6O. The number of anilines is 1.